The number of ether oxygens (including phenoxy) is 2. The van der Waals surface area contributed by atoms with Gasteiger partial charge in [0.2, 0.25) is 5.91 Å². The Labute approximate surface area is 227 Å². The van der Waals surface area contributed by atoms with Crippen LogP contribution >= 0.6 is 46.3 Å². The normalized spacial score (nSPS) is 13.1. The number of rotatable bonds is 9. The molecule has 192 valence electrons. The molecule has 36 heavy (non-hydrogen) atoms. The van der Waals surface area contributed by atoms with E-state index in [1.165, 1.54) is 23.1 Å². The number of amides is 1. The van der Waals surface area contributed by atoms with Crippen LogP contribution in [0, 0.1) is 0 Å². The number of aromatic nitrogens is 3. The molecule has 0 aliphatic heterocycles. The second kappa shape index (κ2) is 12.3. The predicted molar refractivity (Wildman–Crippen MR) is 143 cm³/mol. The number of benzene rings is 1. The molecular weight excluding hydrogens is 543 g/mol. The lowest BCUT2D eigenvalue weighted by molar-refractivity contribution is -0.113. The number of fused-ring (bicyclic) bond motifs is 1. The Bertz CT molecular complexity index is 1260. The summed E-state index contributed by atoms with van der Waals surface area (Å²) in [4.78, 5) is 26.7. The summed E-state index contributed by atoms with van der Waals surface area (Å²) in [6, 6.07) is 4.98. The van der Waals surface area contributed by atoms with Crippen molar-refractivity contribution in [1.82, 2.24) is 14.8 Å². The topological polar surface area (TPSA) is 95.3 Å². The van der Waals surface area contributed by atoms with E-state index >= 15 is 0 Å². The van der Waals surface area contributed by atoms with Crippen molar-refractivity contribution in [3.05, 3.63) is 50.1 Å². The van der Waals surface area contributed by atoms with E-state index in [1.54, 1.807) is 36.7 Å². The lowest BCUT2D eigenvalue weighted by Gasteiger charge is -2.09. The zero-order chi connectivity index (χ0) is 25.7. The van der Waals surface area contributed by atoms with Crippen LogP contribution in [0.1, 0.15) is 52.8 Å². The van der Waals surface area contributed by atoms with Crippen molar-refractivity contribution in [2.24, 2.45) is 7.05 Å². The van der Waals surface area contributed by atoms with Crippen molar-refractivity contribution in [1.29, 1.82) is 0 Å². The van der Waals surface area contributed by atoms with Crippen molar-refractivity contribution in [2.45, 2.75) is 50.8 Å². The van der Waals surface area contributed by atoms with Gasteiger partial charge in [0.1, 0.15) is 17.4 Å². The first kappa shape index (κ1) is 26.8. The van der Waals surface area contributed by atoms with E-state index < -0.39 is 0 Å². The van der Waals surface area contributed by atoms with Gasteiger partial charge >= 0.3 is 5.97 Å². The highest BCUT2D eigenvalue weighted by Crippen LogP contribution is 2.38. The molecule has 1 N–H and O–H groups in total. The van der Waals surface area contributed by atoms with Crippen LogP contribution in [0.2, 0.25) is 10.0 Å². The summed E-state index contributed by atoms with van der Waals surface area (Å²) in [5.41, 5.74) is 1.53. The zero-order valence-electron chi connectivity index (χ0n) is 19.9. The van der Waals surface area contributed by atoms with Crippen LogP contribution in [-0.4, -0.2) is 39.0 Å². The quantitative estimate of drug-likeness (QED) is 0.194. The maximum Gasteiger partial charge on any atom is 0.341 e. The minimum absolute atomic E-state index is 0.109. The van der Waals surface area contributed by atoms with Crippen molar-refractivity contribution in [3.8, 4) is 5.75 Å². The van der Waals surface area contributed by atoms with Gasteiger partial charge in [-0.3, -0.25) is 4.79 Å². The van der Waals surface area contributed by atoms with E-state index in [9.17, 15) is 9.59 Å². The maximum absolute atomic E-state index is 12.8. The summed E-state index contributed by atoms with van der Waals surface area (Å²) < 4.78 is 12.8. The summed E-state index contributed by atoms with van der Waals surface area (Å²) in [5.74, 6) is 0.525. The largest absolute Gasteiger partial charge is 0.484 e. The Kier molecular flexibility index (Phi) is 9.16. The SMILES string of the molecule is CCOC(=O)c1c(NC(=O)CSc2nnc(COc3cc(Cl)ccc3Cl)n2C)sc2c1CCCCC2. The number of hydrogen-bond acceptors (Lipinski definition) is 8. The number of carbonyl (C=O) groups excluding carboxylic acids is 2. The third kappa shape index (κ3) is 6.34. The van der Waals surface area contributed by atoms with Gasteiger partial charge in [0.15, 0.2) is 11.0 Å². The number of aryl methyl sites for hydroxylation is 1. The number of halogens is 2. The fourth-order valence-corrected chi connectivity index (χ4v) is 6.23. The Hall–Kier alpha value is -2.27. The molecule has 0 atom stereocenters. The van der Waals surface area contributed by atoms with Crippen LogP contribution in [-0.2, 0) is 36.0 Å². The summed E-state index contributed by atoms with van der Waals surface area (Å²) in [6.45, 7) is 2.20. The molecule has 8 nitrogen and oxygen atoms in total. The van der Waals surface area contributed by atoms with E-state index in [2.05, 4.69) is 15.5 Å². The second-order valence-corrected chi connectivity index (χ2v) is 11.0. The summed E-state index contributed by atoms with van der Waals surface area (Å²) in [5, 5.41) is 13.3. The van der Waals surface area contributed by atoms with E-state index in [4.69, 9.17) is 32.7 Å². The Morgan fingerprint density at radius 3 is 2.81 bits per heavy atom. The minimum atomic E-state index is -0.377. The third-order valence-corrected chi connectivity index (χ3v) is 8.44. The average Bonchev–Trinajstić information content (AvgIpc) is 3.28. The number of nitrogens with one attached hydrogen (secondary N) is 1. The molecule has 0 spiro atoms. The fourth-order valence-electron chi connectivity index (χ4n) is 3.87. The highest BCUT2D eigenvalue weighted by atomic mass is 35.5. The molecule has 0 saturated carbocycles. The molecule has 2 aromatic heterocycles. The molecule has 1 aromatic carbocycles. The third-order valence-electron chi connectivity index (χ3n) is 5.66. The Balaban J connectivity index is 1.39. The molecule has 1 aliphatic carbocycles. The van der Waals surface area contributed by atoms with Crippen LogP contribution in [0.25, 0.3) is 0 Å². The molecule has 0 fully saturated rings. The second-order valence-electron chi connectivity index (χ2n) is 8.15. The monoisotopic (exact) mass is 568 g/mol. The van der Waals surface area contributed by atoms with Gasteiger partial charge in [0.05, 0.1) is 22.9 Å². The van der Waals surface area contributed by atoms with Crippen LogP contribution in [0.15, 0.2) is 23.4 Å². The molecule has 12 heteroatoms. The fraction of sp³-hybridized carbons (Fsp3) is 0.417. The molecule has 4 rings (SSSR count). The van der Waals surface area contributed by atoms with Crippen molar-refractivity contribution in [2.75, 3.05) is 17.7 Å². The number of nitrogens with zero attached hydrogens (tertiary/aromatic N) is 3. The van der Waals surface area contributed by atoms with E-state index in [0.29, 0.717) is 37.3 Å². The van der Waals surface area contributed by atoms with Gasteiger partial charge in [-0.2, -0.15) is 0 Å². The summed E-state index contributed by atoms with van der Waals surface area (Å²) >= 11 is 14.9. The van der Waals surface area contributed by atoms with Crippen molar-refractivity contribution < 1.29 is 19.1 Å². The van der Waals surface area contributed by atoms with Crippen LogP contribution in [0.4, 0.5) is 5.00 Å². The number of anilines is 1. The average molecular weight is 570 g/mol. The van der Waals surface area contributed by atoms with Gasteiger partial charge in [-0.05, 0) is 50.3 Å². The lowest BCUT2D eigenvalue weighted by Crippen LogP contribution is -2.17. The molecule has 2 heterocycles. The van der Waals surface area contributed by atoms with E-state index in [1.807, 2.05) is 0 Å². The molecular formula is C24H26Cl2N4O4S2. The van der Waals surface area contributed by atoms with Gasteiger partial charge in [0, 0.05) is 23.0 Å². The van der Waals surface area contributed by atoms with Crippen LogP contribution in [0.3, 0.4) is 0 Å². The number of thioether (sulfide) groups is 1. The number of thiophene rings is 1. The molecule has 0 radical (unpaired) electrons. The molecule has 0 bridgehead atoms. The smallest absolute Gasteiger partial charge is 0.341 e. The maximum atomic E-state index is 12.8. The van der Waals surface area contributed by atoms with Gasteiger partial charge < -0.3 is 19.4 Å². The highest BCUT2D eigenvalue weighted by Gasteiger charge is 2.26. The molecule has 3 aromatic rings. The minimum Gasteiger partial charge on any atom is -0.484 e. The zero-order valence-corrected chi connectivity index (χ0v) is 23.1. The van der Waals surface area contributed by atoms with Crippen LogP contribution < -0.4 is 10.1 Å². The Morgan fingerprint density at radius 1 is 1.19 bits per heavy atom. The standard InChI is InChI=1S/C24H26Cl2N4O4S2/c1-3-33-23(32)21-15-7-5-4-6-8-18(15)36-22(21)27-20(31)13-35-24-29-28-19(30(24)2)12-34-17-11-14(25)9-10-16(17)26/h9-11H,3-8,12-13H2,1-2H3,(H,27,31). The van der Waals surface area contributed by atoms with Gasteiger partial charge in [-0.1, -0.05) is 41.4 Å². The lowest BCUT2D eigenvalue weighted by atomic mass is 10.1. The number of hydrogen-bond donors (Lipinski definition) is 1. The highest BCUT2D eigenvalue weighted by molar-refractivity contribution is 7.99. The van der Waals surface area contributed by atoms with Gasteiger partial charge in [-0.15, -0.1) is 21.5 Å². The number of carbonyl (C=O) groups is 2. The van der Waals surface area contributed by atoms with Crippen molar-refractivity contribution in [3.63, 3.8) is 0 Å². The predicted octanol–water partition coefficient (Wildman–Crippen LogP) is 5.94. The first-order chi connectivity index (χ1) is 17.4. The first-order valence-corrected chi connectivity index (χ1v) is 14.1. The molecule has 1 amide bonds. The van der Waals surface area contributed by atoms with Gasteiger partial charge in [-0.25, -0.2) is 4.79 Å². The molecule has 0 saturated heterocycles. The molecule has 1 aliphatic rings. The van der Waals surface area contributed by atoms with E-state index in [-0.39, 0.29) is 30.8 Å². The summed E-state index contributed by atoms with van der Waals surface area (Å²) in [6.07, 6.45) is 5.00. The van der Waals surface area contributed by atoms with Crippen molar-refractivity contribution >= 4 is 63.2 Å². The first-order valence-electron chi connectivity index (χ1n) is 11.6. The van der Waals surface area contributed by atoms with Crippen LogP contribution in [0.5, 0.6) is 5.75 Å². The van der Waals surface area contributed by atoms with Gasteiger partial charge in [0.25, 0.3) is 0 Å². The van der Waals surface area contributed by atoms with E-state index in [0.717, 1.165) is 42.5 Å². The summed E-state index contributed by atoms with van der Waals surface area (Å²) in [7, 11) is 1.80. The Morgan fingerprint density at radius 2 is 2.00 bits per heavy atom. The molecule has 0 unspecified atom stereocenters. The number of esters is 1.